The molecule has 0 aliphatic heterocycles. The van der Waals surface area contributed by atoms with Gasteiger partial charge < -0.3 is 9.47 Å². The highest BCUT2D eigenvalue weighted by molar-refractivity contribution is 9.10. The number of benzene rings is 2. The number of halogens is 1. The quantitative estimate of drug-likeness (QED) is 0.300. The SMILES string of the molecule is CCOc1cc(C=NNC(=O)c2cc3cc([N+](=O)[O-])ccc3s2)c(Br)cc1OC. The molecule has 2 aromatic carbocycles. The van der Waals surface area contributed by atoms with Crippen LogP contribution < -0.4 is 14.9 Å². The summed E-state index contributed by atoms with van der Waals surface area (Å²) in [6.45, 7) is 2.35. The summed E-state index contributed by atoms with van der Waals surface area (Å²) in [6, 6.07) is 9.59. The topological polar surface area (TPSA) is 103 Å². The number of fused-ring (bicyclic) bond motifs is 1. The number of hydrogen-bond acceptors (Lipinski definition) is 7. The first-order valence-electron chi connectivity index (χ1n) is 8.44. The van der Waals surface area contributed by atoms with Gasteiger partial charge in [0.15, 0.2) is 11.5 Å². The molecule has 3 aromatic rings. The van der Waals surface area contributed by atoms with Crippen LogP contribution in [-0.2, 0) is 0 Å². The lowest BCUT2D eigenvalue weighted by molar-refractivity contribution is -0.384. The van der Waals surface area contributed by atoms with Gasteiger partial charge >= 0.3 is 0 Å². The van der Waals surface area contributed by atoms with Crippen molar-refractivity contribution >= 4 is 55.2 Å². The predicted molar refractivity (Wildman–Crippen MR) is 115 cm³/mol. The Kier molecular flexibility index (Phi) is 6.45. The first kappa shape index (κ1) is 20.7. The second-order valence-corrected chi connectivity index (χ2v) is 7.68. The van der Waals surface area contributed by atoms with E-state index in [1.807, 2.05) is 6.92 Å². The van der Waals surface area contributed by atoms with E-state index in [4.69, 9.17) is 9.47 Å². The third-order valence-electron chi connectivity index (χ3n) is 3.89. The van der Waals surface area contributed by atoms with Crippen molar-refractivity contribution in [2.45, 2.75) is 6.92 Å². The summed E-state index contributed by atoms with van der Waals surface area (Å²) < 4.78 is 12.3. The van der Waals surface area contributed by atoms with Gasteiger partial charge in [-0.3, -0.25) is 14.9 Å². The highest BCUT2D eigenvalue weighted by Gasteiger charge is 2.13. The molecule has 0 aliphatic rings. The predicted octanol–water partition coefficient (Wildman–Crippen LogP) is 4.74. The van der Waals surface area contributed by atoms with Crippen molar-refractivity contribution in [2.75, 3.05) is 13.7 Å². The van der Waals surface area contributed by atoms with E-state index in [1.165, 1.54) is 29.7 Å². The fourth-order valence-corrected chi connectivity index (χ4v) is 3.91. The maximum absolute atomic E-state index is 12.4. The Morgan fingerprint density at radius 2 is 2.10 bits per heavy atom. The first-order chi connectivity index (χ1) is 13.9. The Hall–Kier alpha value is -2.98. The molecule has 1 N–H and O–H groups in total. The minimum absolute atomic E-state index is 0.0188. The maximum Gasteiger partial charge on any atom is 0.281 e. The molecule has 0 fully saturated rings. The summed E-state index contributed by atoms with van der Waals surface area (Å²) in [7, 11) is 1.55. The number of nitro groups is 1. The summed E-state index contributed by atoms with van der Waals surface area (Å²) in [5, 5.41) is 15.5. The van der Waals surface area contributed by atoms with E-state index < -0.39 is 10.8 Å². The molecule has 0 unspecified atom stereocenters. The molecule has 8 nitrogen and oxygen atoms in total. The van der Waals surface area contributed by atoms with Crippen molar-refractivity contribution in [1.82, 2.24) is 5.43 Å². The van der Waals surface area contributed by atoms with E-state index in [2.05, 4.69) is 26.5 Å². The Labute approximate surface area is 178 Å². The highest BCUT2D eigenvalue weighted by atomic mass is 79.9. The average molecular weight is 478 g/mol. The number of thiophene rings is 1. The van der Waals surface area contributed by atoms with Gasteiger partial charge in [-0.25, -0.2) is 5.43 Å². The summed E-state index contributed by atoms with van der Waals surface area (Å²) in [5.74, 6) is 0.746. The van der Waals surface area contributed by atoms with Gasteiger partial charge in [0.1, 0.15) is 0 Å². The van der Waals surface area contributed by atoms with Crippen LogP contribution >= 0.6 is 27.3 Å². The normalized spacial score (nSPS) is 11.0. The third-order valence-corrected chi connectivity index (χ3v) is 5.69. The molecule has 1 aromatic heterocycles. The van der Waals surface area contributed by atoms with Crippen LogP contribution in [0.3, 0.4) is 0 Å². The van der Waals surface area contributed by atoms with E-state index >= 15 is 0 Å². The van der Waals surface area contributed by atoms with Crippen molar-refractivity contribution in [3.05, 3.63) is 61.4 Å². The zero-order valence-electron chi connectivity index (χ0n) is 15.5. The van der Waals surface area contributed by atoms with Crippen LogP contribution in [0.25, 0.3) is 10.1 Å². The van der Waals surface area contributed by atoms with Gasteiger partial charge in [0.05, 0.1) is 29.7 Å². The fourth-order valence-electron chi connectivity index (χ4n) is 2.55. The van der Waals surface area contributed by atoms with Crippen molar-refractivity contribution in [3.8, 4) is 11.5 Å². The molecule has 29 heavy (non-hydrogen) atoms. The second kappa shape index (κ2) is 9.01. The van der Waals surface area contributed by atoms with Crippen molar-refractivity contribution in [1.29, 1.82) is 0 Å². The molecule has 1 amide bonds. The summed E-state index contributed by atoms with van der Waals surface area (Å²) in [6.07, 6.45) is 1.49. The molecule has 0 atom stereocenters. The molecular formula is C19H16BrN3O5S. The molecule has 0 spiro atoms. The number of carbonyl (C=O) groups excluding carboxylic acids is 1. The number of hydrogen-bond donors (Lipinski definition) is 1. The van der Waals surface area contributed by atoms with Crippen LogP contribution in [0.2, 0.25) is 0 Å². The first-order valence-corrected chi connectivity index (χ1v) is 10.1. The zero-order chi connectivity index (χ0) is 21.0. The number of carbonyl (C=O) groups is 1. The number of methoxy groups -OCH3 is 1. The Balaban J connectivity index is 1.76. The molecule has 0 bridgehead atoms. The molecule has 3 rings (SSSR count). The summed E-state index contributed by atoms with van der Waals surface area (Å²) in [5.41, 5.74) is 3.14. The highest BCUT2D eigenvalue weighted by Crippen LogP contribution is 2.33. The standard InChI is InChI=1S/C19H16BrN3O5S/c1-3-28-16-7-12(14(20)9-15(16)27-2)10-21-22-19(24)18-8-11-6-13(23(25)26)4-5-17(11)29-18/h4-10H,3H2,1-2H3,(H,22,24). The largest absolute Gasteiger partial charge is 0.493 e. The van der Waals surface area contributed by atoms with Crippen LogP contribution in [0.4, 0.5) is 5.69 Å². The lowest BCUT2D eigenvalue weighted by atomic mass is 10.2. The summed E-state index contributed by atoms with van der Waals surface area (Å²) >= 11 is 4.67. The lowest BCUT2D eigenvalue weighted by Crippen LogP contribution is -2.16. The molecule has 0 saturated heterocycles. The van der Waals surface area contributed by atoms with Crippen LogP contribution in [0.5, 0.6) is 11.5 Å². The van der Waals surface area contributed by atoms with E-state index in [-0.39, 0.29) is 5.69 Å². The van der Waals surface area contributed by atoms with E-state index in [1.54, 1.807) is 31.4 Å². The van der Waals surface area contributed by atoms with Gasteiger partial charge in [-0.2, -0.15) is 5.10 Å². The number of nitrogens with zero attached hydrogens (tertiary/aromatic N) is 2. The number of ether oxygens (including phenoxy) is 2. The van der Waals surface area contributed by atoms with Gasteiger partial charge in [-0.05, 0) is 47.1 Å². The van der Waals surface area contributed by atoms with Crippen molar-refractivity contribution in [2.24, 2.45) is 5.10 Å². The van der Waals surface area contributed by atoms with Crippen molar-refractivity contribution in [3.63, 3.8) is 0 Å². The molecule has 10 heteroatoms. The molecule has 0 aliphatic carbocycles. The van der Waals surface area contributed by atoms with Crippen molar-refractivity contribution < 1.29 is 19.2 Å². The third kappa shape index (κ3) is 4.72. The van der Waals surface area contributed by atoms with Crippen LogP contribution in [-0.4, -0.2) is 30.8 Å². The number of amides is 1. The maximum atomic E-state index is 12.4. The number of nitrogens with one attached hydrogen (secondary N) is 1. The fraction of sp³-hybridized carbons (Fsp3) is 0.158. The van der Waals surface area contributed by atoms with Crippen LogP contribution in [0.1, 0.15) is 22.2 Å². The minimum Gasteiger partial charge on any atom is -0.493 e. The van der Waals surface area contributed by atoms with Gasteiger partial charge in [0.25, 0.3) is 11.6 Å². The van der Waals surface area contributed by atoms with Crippen LogP contribution in [0.15, 0.2) is 46.0 Å². The summed E-state index contributed by atoms with van der Waals surface area (Å²) in [4.78, 5) is 23.2. The van der Waals surface area contributed by atoms with E-state index in [0.717, 1.165) is 9.17 Å². The van der Waals surface area contributed by atoms with E-state index in [0.29, 0.717) is 33.9 Å². The van der Waals surface area contributed by atoms with Gasteiger partial charge in [0.2, 0.25) is 0 Å². The number of hydrazone groups is 1. The minimum atomic E-state index is -0.468. The van der Waals surface area contributed by atoms with E-state index in [9.17, 15) is 14.9 Å². The van der Waals surface area contributed by atoms with Crippen LogP contribution in [0, 0.1) is 10.1 Å². The second-order valence-electron chi connectivity index (χ2n) is 5.75. The molecule has 1 heterocycles. The Bertz CT molecular complexity index is 1110. The smallest absolute Gasteiger partial charge is 0.281 e. The number of non-ortho nitro benzene ring substituents is 1. The molecular weight excluding hydrogens is 462 g/mol. The van der Waals surface area contributed by atoms with Gasteiger partial charge in [-0.15, -0.1) is 11.3 Å². The van der Waals surface area contributed by atoms with Gasteiger partial charge in [-0.1, -0.05) is 0 Å². The zero-order valence-corrected chi connectivity index (χ0v) is 17.9. The Morgan fingerprint density at radius 1 is 1.31 bits per heavy atom. The molecule has 0 saturated carbocycles. The monoisotopic (exact) mass is 477 g/mol. The number of rotatable bonds is 7. The molecule has 0 radical (unpaired) electrons. The average Bonchev–Trinajstić information content (AvgIpc) is 3.13. The number of nitro benzene ring substituents is 1. The lowest BCUT2D eigenvalue weighted by Gasteiger charge is -2.11. The Morgan fingerprint density at radius 3 is 2.79 bits per heavy atom. The molecule has 150 valence electrons. The van der Waals surface area contributed by atoms with Gasteiger partial charge in [0, 0.05) is 32.3 Å².